The number of carbonyl (C=O) groups excluding carboxylic acids is 1. The van der Waals surface area contributed by atoms with Crippen molar-refractivity contribution in [3.63, 3.8) is 0 Å². The molecular weight excluding hydrogens is 333 g/mol. The van der Waals surface area contributed by atoms with Crippen LogP contribution in [-0.4, -0.2) is 28.5 Å². The maximum Gasteiger partial charge on any atom is 0.417 e. The molecule has 0 radical (unpaired) electrons. The molecule has 0 aliphatic carbocycles. The number of pyridine rings is 2. The van der Waals surface area contributed by atoms with E-state index in [2.05, 4.69) is 20.6 Å². The lowest BCUT2D eigenvalue weighted by atomic mass is 10.1. The average Bonchev–Trinajstić information content (AvgIpc) is 3.14. The highest BCUT2D eigenvalue weighted by atomic mass is 19.4. The van der Waals surface area contributed by atoms with E-state index in [1.807, 2.05) is 0 Å². The Balaban J connectivity index is 1.67. The fourth-order valence-corrected chi connectivity index (χ4v) is 2.68. The first-order chi connectivity index (χ1) is 11.9. The predicted octanol–water partition coefficient (Wildman–Crippen LogP) is 2.53. The highest BCUT2D eigenvalue weighted by molar-refractivity contribution is 5.81. The lowest BCUT2D eigenvalue weighted by molar-refractivity contribution is -0.137. The zero-order valence-electron chi connectivity index (χ0n) is 13.3. The van der Waals surface area contributed by atoms with Crippen LogP contribution in [0.1, 0.15) is 24.1 Å². The number of nitrogens with one attached hydrogen (secondary N) is 2. The van der Waals surface area contributed by atoms with E-state index in [4.69, 9.17) is 0 Å². The van der Waals surface area contributed by atoms with E-state index in [1.165, 1.54) is 6.07 Å². The molecule has 1 aliphatic rings. The number of amides is 1. The van der Waals surface area contributed by atoms with E-state index in [9.17, 15) is 18.0 Å². The van der Waals surface area contributed by atoms with Gasteiger partial charge >= 0.3 is 6.18 Å². The van der Waals surface area contributed by atoms with Gasteiger partial charge in [-0.05, 0) is 43.7 Å². The zero-order valence-corrected chi connectivity index (χ0v) is 13.3. The van der Waals surface area contributed by atoms with Crippen LogP contribution in [0.3, 0.4) is 0 Å². The first kappa shape index (κ1) is 17.3. The summed E-state index contributed by atoms with van der Waals surface area (Å²) in [4.78, 5) is 20.0. The molecule has 2 N–H and O–H groups in total. The lowest BCUT2D eigenvalue weighted by Crippen LogP contribution is -2.40. The quantitative estimate of drug-likeness (QED) is 0.889. The van der Waals surface area contributed by atoms with Gasteiger partial charge in [0.1, 0.15) is 0 Å². The molecule has 0 saturated carbocycles. The van der Waals surface area contributed by atoms with Crippen molar-refractivity contribution in [2.45, 2.75) is 31.6 Å². The Morgan fingerprint density at radius 2 is 2.12 bits per heavy atom. The normalized spacial score (nSPS) is 17.5. The summed E-state index contributed by atoms with van der Waals surface area (Å²) in [5.41, 5.74) is 0.889. The second-order valence-corrected chi connectivity index (χ2v) is 5.83. The monoisotopic (exact) mass is 350 g/mol. The minimum absolute atomic E-state index is 0.0719. The number of nitrogens with zero attached hydrogens (tertiary/aromatic N) is 2. The maximum absolute atomic E-state index is 12.6. The van der Waals surface area contributed by atoms with Crippen LogP contribution in [0.25, 0.3) is 11.3 Å². The van der Waals surface area contributed by atoms with E-state index >= 15 is 0 Å². The SMILES string of the molecule is O=C(NCc1cc(-c2ccc(C(F)(F)F)cn2)ccn1)[C@@H]1CCCN1. The van der Waals surface area contributed by atoms with Gasteiger partial charge in [0.05, 0.1) is 29.5 Å². The van der Waals surface area contributed by atoms with Crippen molar-refractivity contribution >= 4 is 5.91 Å². The Bertz CT molecular complexity index is 740. The molecule has 0 aromatic carbocycles. The highest BCUT2D eigenvalue weighted by Gasteiger charge is 2.30. The molecular formula is C17H17F3N4O. The molecule has 0 bridgehead atoms. The average molecular weight is 350 g/mol. The number of hydrogen-bond donors (Lipinski definition) is 2. The highest BCUT2D eigenvalue weighted by Crippen LogP contribution is 2.29. The molecule has 0 spiro atoms. The van der Waals surface area contributed by atoms with Crippen LogP contribution >= 0.6 is 0 Å². The third-order valence-corrected chi connectivity index (χ3v) is 4.02. The molecule has 8 heteroatoms. The van der Waals surface area contributed by atoms with Gasteiger partial charge < -0.3 is 10.6 Å². The molecule has 1 saturated heterocycles. The van der Waals surface area contributed by atoms with E-state index in [0.29, 0.717) is 17.0 Å². The first-order valence-corrected chi connectivity index (χ1v) is 7.93. The minimum atomic E-state index is -4.41. The van der Waals surface area contributed by atoms with Crippen molar-refractivity contribution in [3.05, 3.63) is 47.9 Å². The molecule has 0 unspecified atom stereocenters. The molecule has 2 aromatic rings. The van der Waals surface area contributed by atoms with Crippen LogP contribution in [0.2, 0.25) is 0 Å². The number of carbonyl (C=O) groups is 1. The number of hydrogen-bond acceptors (Lipinski definition) is 4. The third-order valence-electron chi connectivity index (χ3n) is 4.02. The number of aromatic nitrogens is 2. The van der Waals surface area contributed by atoms with Gasteiger partial charge in [0, 0.05) is 18.0 Å². The molecule has 3 heterocycles. The summed E-state index contributed by atoms with van der Waals surface area (Å²) in [6, 6.07) is 5.52. The van der Waals surface area contributed by atoms with Gasteiger partial charge in [0.2, 0.25) is 5.91 Å². The van der Waals surface area contributed by atoms with Crippen LogP contribution in [0.5, 0.6) is 0 Å². The standard InChI is InChI=1S/C17H17F3N4O/c18-17(19,20)12-3-4-14(23-9-12)11-5-7-21-13(8-11)10-24-16(25)15-2-1-6-22-15/h3-5,7-9,15,22H,1-2,6,10H2,(H,24,25)/t15-/m0/s1. The zero-order chi connectivity index (χ0) is 17.9. The number of halogens is 3. The summed E-state index contributed by atoms with van der Waals surface area (Å²) in [7, 11) is 0. The van der Waals surface area contributed by atoms with Crippen LogP contribution in [0.15, 0.2) is 36.7 Å². The van der Waals surface area contributed by atoms with Gasteiger partial charge in [-0.1, -0.05) is 0 Å². The largest absolute Gasteiger partial charge is 0.417 e. The van der Waals surface area contributed by atoms with Gasteiger partial charge in [-0.2, -0.15) is 13.2 Å². The second-order valence-electron chi connectivity index (χ2n) is 5.83. The number of rotatable bonds is 4. The van der Waals surface area contributed by atoms with E-state index < -0.39 is 11.7 Å². The van der Waals surface area contributed by atoms with E-state index in [-0.39, 0.29) is 18.5 Å². The predicted molar refractivity (Wildman–Crippen MR) is 85.3 cm³/mol. The Morgan fingerprint density at radius 1 is 1.28 bits per heavy atom. The van der Waals surface area contributed by atoms with Crippen LogP contribution < -0.4 is 10.6 Å². The molecule has 1 atom stereocenters. The van der Waals surface area contributed by atoms with Crippen LogP contribution in [0, 0.1) is 0 Å². The molecule has 3 rings (SSSR count). The van der Waals surface area contributed by atoms with Crippen LogP contribution in [-0.2, 0) is 17.5 Å². The van der Waals surface area contributed by atoms with Gasteiger partial charge in [0.15, 0.2) is 0 Å². The fourth-order valence-electron chi connectivity index (χ4n) is 2.68. The Hall–Kier alpha value is -2.48. The molecule has 1 amide bonds. The summed E-state index contributed by atoms with van der Waals surface area (Å²) in [6.07, 6.45) is -0.263. The molecule has 1 aliphatic heterocycles. The summed E-state index contributed by atoms with van der Waals surface area (Å²) in [6.45, 7) is 1.09. The summed E-state index contributed by atoms with van der Waals surface area (Å²) in [5, 5.41) is 5.93. The van der Waals surface area contributed by atoms with Crippen molar-refractivity contribution in [2.24, 2.45) is 0 Å². The molecule has 1 fully saturated rings. The van der Waals surface area contributed by atoms with Crippen molar-refractivity contribution in [1.29, 1.82) is 0 Å². The molecule has 132 valence electrons. The van der Waals surface area contributed by atoms with Gasteiger partial charge in [-0.25, -0.2) is 0 Å². The van der Waals surface area contributed by atoms with E-state index in [0.717, 1.165) is 31.6 Å². The Labute approximate surface area is 142 Å². The fraction of sp³-hybridized carbons (Fsp3) is 0.353. The smallest absolute Gasteiger partial charge is 0.349 e. The van der Waals surface area contributed by atoms with Crippen molar-refractivity contribution in [2.75, 3.05) is 6.54 Å². The first-order valence-electron chi connectivity index (χ1n) is 7.93. The second kappa shape index (κ2) is 7.18. The summed E-state index contributed by atoms with van der Waals surface area (Å²) >= 11 is 0. The minimum Gasteiger partial charge on any atom is -0.349 e. The number of alkyl halides is 3. The Kier molecular flexibility index (Phi) is 4.98. The van der Waals surface area contributed by atoms with E-state index in [1.54, 1.807) is 18.3 Å². The Morgan fingerprint density at radius 3 is 2.76 bits per heavy atom. The van der Waals surface area contributed by atoms with Crippen molar-refractivity contribution < 1.29 is 18.0 Å². The van der Waals surface area contributed by atoms with Crippen molar-refractivity contribution in [3.8, 4) is 11.3 Å². The van der Waals surface area contributed by atoms with Gasteiger partial charge in [-0.3, -0.25) is 14.8 Å². The molecule has 25 heavy (non-hydrogen) atoms. The van der Waals surface area contributed by atoms with Crippen LogP contribution in [0.4, 0.5) is 13.2 Å². The van der Waals surface area contributed by atoms with Gasteiger partial charge in [-0.15, -0.1) is 0 Å². The molecule has 5 nitrogen and oxygen atoms in total. The lowest BCUT2D eigenvalue weighted by Gasteiger charge is -2.11. The maximum atomic E-state index is 12.6. The topological polar surface area (TPSA) is 66.9 Å². The third kappa shape index (κ3) is 4.33. The molecule has 2 aromatic heterocycles. The summed E-state index contributed by atoms with van der Waals surface area (Å²) < 4.78 is 37.8. The van der Waals surface area contributed by atoms with Crippen molar-refractivity contribution in [1.82, 2.24) is 20.6 Å². The van der Waals surface area contributed by atoms with Gasteiger partial charge in [0.25, 0.3) is 0 Å². The summed E-state index contributed by atoms with van der Waals surface area (Å²) in [5.74, 6) is -0.0719.